The second-order valence-corrected chi connectivity index (χ2v) is 6.33. The third kappa shape index (κ3) is 3.99. The van der Waals surface area contributed by atoms with Gasteiger partial charge in [-0.05, 0) is 36.2 Å². The van der Waals surface area contributed by atoms with E-state index in [4.69, 9.17) is 4.74 Å². The molecule has 1 heterocycles. The van der Waals surface area contributed by atoms with Crippen LogP contribution in [0.1, 0.15) is 17.5 Å². The Balaban J connectivity index is 1.61. The third-order valence-corrected chi connectivity index (χ3v) is 4.52. The number of nitrogens with zero attached hydrogens (tertiary/aromatic N) is 1. The fraction of sp³-hybridized carbons (Fsp3) is 0.300. The number of carbonyl (C=O) groups excluding carboxylic acids is 2. The van der Waals surface area contributed by atoms with E-state index in [0.717, 1.165) is 22.6 Å². The van der Waals surface area contributed by atoms with E-state index in [2.05, 4.69) is 5.32 Å². The molecular formula is C20H22N2O3. The second kappa shape index (κ2) is 7.38. The van der Waals surface area contributed by atoms with Crippen molar-refractivity contribution in [2.45, 2.75) is 19.9 Å². The minimum Gasteiger partial charge on any atom is -0.497 e. The first-order valence-electron chi connectivity index (χ1n) is 8.34. The number of para-hydroxylation sites is 1. The third-order valence-electron chi connectivity index (χ3n) is 4.52. The van der Waals surface area contributed by atoms with Crippen molar-refractivity contribution in [1.82, 2.24) is 4.90 Å². The van der Waals surface area contributed by atoms with Gasteiger partial charge in [-0.2, -0.15) is 0 Å². The number of amides is 2. The molecule has 0 bridgehead atoms. The van der Waals surface area contributed by atoms with Gasteiger partial charge in [0.15, 0.2) is 0 Å². The van der Waals surface area contributed by atoms with Crippen LogP contribution in [-0.4, -0.2) is 30.4 Å². The Kier molecular flexibility index (Phi) is 5.03. The monoisotopic (exact) mass is 338 g/mol. The lowest BCUT2D eigenvalue weighted by Crippen LogP contribution is -2.28. The first kappa shape index (κ1) is 17.0. The number of likely N-dealkylation sites (tertiary alicyclic amines) is 1. The van der Waals surface area contributed by atoms with Crippen molar-refractivity contribution < 1.29 is 14.3 Å². The molecule has 0 spiro atoms. The molecule has 0 aliphatic carbocycles. The molecule has 1 atom stereocenters. The molecule has 1 N–H and O–H groups in total. The van der Waals surface area contributed by atoms with Gasteiger partial charge in [-0.3, -0.25) is 9.59 Å². The Bertz CT molecular complexity index is 771. The van der Waals surface area contributed by atoms with Crippen LogP contribution < -0.4 is 10.1 Å². The molecule has 0 aromatic heterocycles. The molecule has 5 heteroatoms. The maximum absolute atomic E-state index is 12.5. The second-order valence-electron chi connectivity index (χ2n) is 6.33. The average Bonchev–Trinajstić information content (AvgIpc) is 2.98. The lowest BCUT2D eigenvalue weighted by Gasteiger charge is -2.17. The molecule has 0 radical (unpaired) electrons. The lowest BCUT2D eigenvalue weighted by molar-refractivity contribution is -0.128. The van der Waals surface area contributed by atoms with Gasteiger partial charge >= 0.3 is 0 Å². The number of aryl methyl sites for hydroxylation is 1. The number of anilines is 1. The van der Waals surface area contributed by atoms with Crippen LogP contribution in [0.5, 0.6) is 5.75 Å². The highest BCUT2D eigenvalue weighted by atomic mass is 16.5. The quantitative estimate of drug-likeness (QED) is 0.912. The van der Waals surface area contributed by atoms with Gasteiger partial charge in [0.1, 0.15) is 5.75 Å². The van der Waals surface area contributed by atoms with Crippen LogP contribution in [0.4, 0.5) is 5.69 Å². The van der Waals surface area contributed by atoms with Crippen LogP contribution in [0.3, 0.4) is 0 Å². The molecule has 1 saturated heterocycles. The summed E-state index contributed by atoms with van der Waals surface area (Å²) < 4.78 is 5.14. The van der Waals surface area contributed by atoms with Crippen molar-refractivity contribution in [3.8, 4) is 5.75 Å². The maximum Gasteiger partial charge on any atom is 0.229 e. The number of ether oxygens (including phenoxy) is 1. The van der Waals surface area contributed by atoms with E-state index in [1.807, 2.05) is 55.5 Å². The molecule has 0 saturated carbocycles. The number of hydrogen-bond donors (Lipinski definition) is 1. The van der Waals surface area contributed by atoms with Crippen LogP contribution >= 0.6 is 0 Å². The van der Waals surface area contributed by atoms with Crippen molar-refractivity contribution in [3.63, 3.8) is 0 Å². The van der Waals surface area contributed by atoms with E-state index in [-0.39, 0.29) is 24.2 Å². The van der Waals surface area contributed by atoms with Gasteiger partial charge < -0.3 is 15.0 Å². The molecule has 1 aliphatic rings. The van der Waals surface area contributed by atoms with Crippen LogP contribution in [0.25, 0.3) is 0 Å². The number of methoxy groups -OCH3 is 1. The number of nitrogens with one attached hydrogen (secondary N) is 1. The van der Waals surface area contributed by atoms with Crippen molar-refractivity contribution in [2.24, 2.45) is 5.92 Å². The minimum absolute atomic E-state index is 0.0146. The van der Waals surface area contributed by atoms with E-state index in [1.54, 1.807) is 12.0 Å². The summed E-state index contributed by atoms with van der Waals surface area (Å²) in [6, 6.07) is 15.3. The number of carbonyl (C=O) groups is 2. The smallest absolute Gasteiger partial charge is 0.229 e. The first-order valence-corrected chi connectivity index (χ1v) is 8.34. The number of hydrogen-bond acceptors (Lipinski definition) is 3. The number of rotatable bonds is 5. The Morgan fingerprint density at radius 3 is 2.60 bits per heavy atom. The summed E-state index contributed by atoms with van der Waals surface area (Å²) in [5, 5.41) is 2.94. The molecule has 5 nitrogen and oxygen atoms in total. The van der Waals surface area contributed by atoms with Gasteiger partial charge in [-0.25, -0.2) is 0 Å². The van der Waals surface area contributed by atoms with E-state index in [0.29, 0.717) is 13.1 Å². The minimum atomic E-state index is -0.314. The normalized spacial score (nSPS) is 16.8. The summed E-state index contributed by atoms with van der Waals surface area (Å²) >= 11 is 0. The lowest BCUT2D eigenvalue weighted by atomic mass is 10.1. The summed E-state index contributed by atoms with van der Waals surface area (Å²) in [6.07, 6.45) is 0.258. The molecule has 3 rings (SSSR count). The Labute approximate surface area is 147 Å². The highest BCUT2D eigenvalue weighted by Crippen LogP contribution is 2.23. The molecule has 130 valence electrons. The summed E-state index contributed by atoms with van der Waals surface area (Å²) in [5.41, 5.74) is 2.83. The van der Waals surface area contributed by atoms with Crippen LogP contribution in [0, 0.1) is 12.8 Å². The summed E-state index contributed by atoms with van der Waals surface area (Å²) in [4.78, 5) is 26.5. The zero-order valence-electron chi connectivity index (χ0n) is 14.5. The fourth-order valence-corrected chi connectivity index (χ4v) is 3.00. The molecule has 1 unspecified atom stereocenters. The molecule has 2 aromatic rings. The topological polar surface area (TPSA) is 58.6 Å². The molecular weight excluding hydrogens is 316 g/mol. The van der Waals surface area contributed by atoms with Crippen molar-refractivity contribution in [2.75, 3.05) is 19.0 Å². The van der Waals surface area contributed by atoms with E-state index < -0.39 is 0 Å². The molecule has 2 amide bonds. The highest BCUT2D eigenvalue weighted by Gasteiger charge is 2.34. The Hall–Kier alpha value is -2.82. The van der Waals surface area contributed by atoms with Gasteiger partial charge in [-0.1, -0.05) is 30.3 Å². The van der Waals surface area contributed by atoms with Gasteiger partial charge in [0.2, 0.25) is 11.8 Å². The zero-order chi connectivity index (χ0) is 17.8. The van der Waals surface area contributed by atoms with E-state index in [9.17, 15) is 9.59 Å². The predicted molar refractivity (Wildman–Crippen MR) is 96.3 cm³/mol. The van der Waals surface area contributed by atoms with Crippen molar-refractivity contribution in [3.05, 3.63) is 59.7 Å². The Morgan fingerprint density at radius 2 is 1.92 bits per heavy atom. The summed E-state index contributed by atoms with van der Waals surface area (Å²) in [5.74, 6) is 0.387. The predicted octanol–water partition coefficient (Wildman–Crippen LogP) is 2.99. The molecule has 1 fully saturated rings. The highest BCUT2D eigenvalue weighted by molar-refractivity contribution is 5.97. The standard InChI is InChI=1S/C20H22N2O3/c1-14-5-3-4-6-18(14)21-20(24)16-11-19(23)22(13-16)12-15-7-9-17(25-2)10-8-15/h3-10,16H,11-13H2,1-2H3,(H,21,24). The van der Waals surface area contributed by atoms with Crippen LogP contribution in [-0.2, 0) is 16.1 Å². The largest absolute Gasteiger partial charge is 0.497 e. The Morgan fingerprint density at radius 1 is 1.20 bits per heavy atom. The molecule has 2 aromatic carbocycles. The van der Waals surface area contributed by atoms with Crippen molar-refractivity contribution in [1.29, 1.82) is 0 Å². The first-order chi connectivity index (χ1) is 12.1. The average molecular weight is 338 g/mol. The van der Waals surface area contributed by atoms with Gasteiger partial charge in [0.05, 0.1) is 13.0 Å². The van der Waals surface area contributed by atoms with Crippen molar-refractivity contribution >= 4 is 17.5 Å². The van der Waals surface area contributed by atoms with Gasteiger partial charge in [-0.15, -0.1) is 0 Å². The fourth-order valence-electron chi connectivity index (χ4n) is 3.00. The van der Waals surface area contributed by atoms with E-state index in [1.165, 1.54) is 0 Å². The molecule has 1 aliphatic heterocycles. The summed E-state index contributed by atoms with van der Waals surface area (Å²) in [7, 11) is 1.62. The molecule has 25 heavy (non-hydrogen) atoms. The van der Waals surface area contributed by atoms with Gasteiger partial charge in [0, 0.05) is 25.2 Å². The zero-order valence-corrected chi connectivity index (χ0v) is 14.5. The van der Waals surface area contributed by atoms with Gasteiger partial charge in [0.25, 0.3) is 0 Å². The SMILES string of the molecule is COc1ccc(CN2CC(C(=O)Nc3ccccc3C)CC2=O)cc1. The van der Waals surface area contributed by atoms with Crippen LogP contribution in [0.2, 0.25) is 0 Å². The van der Waals surface area contributed by atoms with Crippen LogP contribution in [0.15, 0.2) is 48.5 Å². The van der Waals surface area contributed by atoms with E-state index >= 15 is 0 Å². The summed E-state index contributed by atoms with van der Waals surface area (Å²) in [6.45, 7) is 2.91. The number of benzene rings is 2. The maximum atomic E-state index is 12.5.